The lowest BCUT2D eigenvalue weighted by Gasteiger charge is -2.31. The third kappa shape index (κ3) is 7.13. The third-order valence-corrected chi connectivity index (χ3v) is 7.40. The monoisotopic (exact) mass is 595 g/mol. The molecule has 1 atom stereocenters. The Bertz CT molecular complexity index is 1440. The van der Waals surface area contributed by atoms with E-state index < -0.39 is 29.6 Å². The Balaban J connectivity index is 1.98. The van der Waals surface area contributed by atoms with Gasteiger partial charge < -0.3 is 19.7 Å². The van der Waals surface area contributed by atoms with Crippen molar-refractivity contribution in [3.05, 3.63) is 70.4 Å². The highest BCUT2D eigenvalue weighted by Crippen LogP contribution is 2.37. The van der Waals surface area contributed by atoms with Crippen LogP contribution >= 0.6 is 11.6 Å². The Hall–Kier alpha value is -3.85. The molecule has 0 saturated heterocycles. The summed E-state index contributed by atoms with van der Waals surface area (Å²) < 4.78 is 12.2. The summed E-state index contributed by atoms with van der Waals surface area (Å²) in [6.07, 6.45) is 4.47. The SMILES string of the molecule is CCOC(=O)c1c(C(C(=O)NC2CCCCC2)N(C=O)Cc2ccccc2)c2ccc(Cl)cc2n1C(=O)OC(C)(C)C. The minimum absolute atomic E-state index is 0.0230. The predicted molar refractivity (Wildman–Crippen MR) is 160 cm³/mol. The van der Waals surface area contributed by atoms with Crippen LogP contribution in [0.2, 0.25) is 5.02 Å². The van der Waals surface area contributed by atoms with Gasteiger partial charge in [-0.25, -0.2) is 14.2 Å². The maximum absolute atomic E-state index is 14.2. The number of hydrogen-bond acceptors (Lipinski definition) is 6. The van der Waals surface area contributed by atoms with Crippen LogP contribution in [-0.2, 0) is 25.6 Å². The highest BCUT2D eigenvalue weighted by atomic mass is 35.5. The van der Waals surface area contributed by atoms with E-state index in [4.69, 9.17) is 21.1 Å². The summed E-state index contributed by atoms with van der Waals surface area (Å²) >= 11 is 6.37. The Kier molecular flexibility index (Phi) is 9.93. The number of carbonyl (C=O) groups excluding carboxylic acids is 4. The van der Waals surface area contributed by atoms with E-state index in [9.17, 15) is 19.2 Å². The minimum Gasteiger partial charge on any atom is -0.461 e. The van der Waals surface area contributed by atoms with Gasteiger partial charge in [0.05, 0.1) is 12.1 Å². The van der Waals surface area contributed by atoms with Crippen LogP contribution in [-0.4, -0.2) is 52.1 Å². The van der Waals surface area contributed by atoms with Crippen molar-refractivity contribution in [2.75, 3.05) is 6.61 Å². The van der Waals surface area contributed by atoms with Crippen molar-refractivity contribution >= 4 is 46.9 Å². The maximum Gasteiger partial charge on any atom is 0.419 e. The number of amides is 2. The summed E-state index contributed by atoms with van der Waals surface area (Å²) in [5.41, 5.74) is 0.139. The first-order valence-corrected chi connectivity index (χ1v) is 14.7. The quantitative estimate of drug-likeness (QED) is 0.226. The highest BCUT2D eigenvalue weighted by molar-refractivity contribution is 6.31. The molecule has 0 bridgehead atoms. The van der Waals surface area contributed by atoms with Crippen molar-refractivity contribution in [2.45, 2.75) is 84.0 Å². The first-order chi connectivity index (χ1) is 20.0. The number of carbonyl (C=O) groups is 4. The van der Waals surface area contributed by atoms with Gasteiger partial charge in [0.15, 0.2) is 0 Å². The number of aromatic nitrogens is 1. The van der Waals surface area contributed by atoms with Gasteiger partial charge >= 0.3 is 12.1 Å². The lowest BCUT2D eigenvalue weighted by molar-refractivity contribution is -0.134. The lowest BCUT2D eigenvalue weighted by atomic mass is 9.94. The van der Waals surface area contributed by atoms with Crippen LogP contribution < -0.4 is 5.32 Å². The summed E-state index contributed by atoms with van der Waals surface area (Å²) in [4.78, 5) is 55.7. The van der Waals surface area contributed by atoms with Crippen molar-refractivity contribution in [3.63, 3.8) is 0 Å². The van der Waals surface area contributed by atoms with Crippen molar-refractivity contribution in [3.8, 4) is 0 Å². The average molecular weight is 596 g/mol. The van der Waals surface area contributed by atoms with Gasteiger partial charge in [0.1, 0.15) is 17.3 Å². The van der Waals surface area contributed by atoms with Crippen LogP contribution in [0.1, 0.15) is 87.5 Å². The zero-order valence-electron chi connectivity index (χ0n) is 24.5. The average Bonchev–Trinajstić information content (AvgIpc) is 3.27. The Morgan fingerprint density at radius 2 is 1.79 bits per heavy atom. The molecule has 1 fully saturated rings. The number of benzene rings is 2. The number of halogens is 1. The van der Waals surface area contributed by atoms with Gasteiger partial charge in [-0.05, 0) is 58.2 Å². The zero-order valence-corrected chi connectivity index (χ0v) is 25.3. The van der Waals surface area contributed by atoms with Crippen molar-refractivity contribution in [1.82, 2.24) is 14.8 Å². The van der Waals surface area contributed by atoms with Crippen LogP contribution in [0.3, 0.4) is 0 Å². The van der Waals surface area contributed by atoms with E-state index in [0.717, 1.165) is 42.2 Å². The highest BCUT2D eigenvalue weighted by Gasteiger charge is 2.39. The standard InChI is InChI=1S/C32H38ClN3O6/c1-5-41-30(39)28-26(24-17-16-22(33)18-25(24)36(28)31(40)42-32(2,3)4)27(29(38)34-23-14-10-7-11-15-23)35(20-37)19-21-12-8-6-9-13-21/h6,8-9,12-13,16-18,20,23,27H,5,7,10-11,14-15,19H2,1-4H3,(H,34,38). The van der Waals surface area contributed by atoms with Crippen molar-refractivity contribution in [1.29, 1.82) is 0 Å². The molecule has 42 heavy (non-hydrogen) atoms. The normalized spacial score (nSPS) is 14.7. The largest absolute Gasteiger partial charge is 0.461 e. The second-order valence-corrected chi connectivity index (χ2v) is 11.9. The van der Waals surface area contributed by atoms with Gasteiger partial charge in [-0.1, -0.05) is 67.3 Å². The van der Waals surface area contributed by atoms with Gasteiger partial charge in [0.25, 0.3) is 0 Å². The van der Waals surface area contributed by atoms with Gasteiger partial charge in [-0.15, -0.1) is 0 Å². The third-order valence-electron chi connectivity index (χ3n) is 7.16. The molecule has 1 saturated carbocycles. The molecule has 0 aliphatic heterocycles. The molecule has 4 rings (SSSR count). The number of hydrogen-bond donors (Lipinski definition) is 1. The summed E-state index contributed by atoms with van der Waals surface area (Å²) in [7, 11) is 0. The Morgan fingerprint density at radius 1 is 1.10 bits per heavy atom. The van der Waals surface area contributed by atoms with E-state index in [1.165, 1.54) is 11.0 Å². The van der Waals surface area contributed by atoms with Crippen LogP contribution in [0, 0.1) is 0 Å². The van der Waals surface area contributed by atoms with E-state index >= 15 is 0 Å². The lowest BCUT2D eigenvalue weighted by Crippen LogP contribution is -2.45. The molecule has 1 heterocycles. The fourth-order valence-electron chi connectivity index (χ4n) is 5.42. The molecule has 224 valence electrons. The predicted octanol–water partition coefficient (Wildman–Crippen LogP) is 6.40. The van der Waals surface area contributed by atoms with E-state index in [1.807, 2.05) is 30.3 Å². The fourth-order valence-corrected chi connectivity index (χ4v) is 5.59. The summed E-state index contributed by atoms with van der Waals surface area (Å²) in [5.74, 6) is -1.28. The summed E-state index contributed by atoms with van der Waals surface area (Å²) in [6.45, 7) is 6.89. The molecule has 1 N–H and O–H groups in total. The Labute approximate surface area is 251 Å². The number of ether oxygens (including phenoxy) is 2. The molecule has 0 spiro atoms. The molecular formula is C32H38ClN3O6. The Morgan fingerprint density at radius 3 is 2.40 bits per heavy atom. The van der Waals surface area contributed by atoms with Crippen molar-refractivity contribution < 1.29 is 28.7 Å². The number of nitrogens with one attached hydrogen (secondary N) is 1. The zero-order chi connectivity index (χ0) is 30.4. The van der Waals surface area contributed by atoms with E-state index in [-0.39, 0.29) is 36.0 Å². The van der Waals surface area contributed by atoms with Crippen LogP contribution in [0.15, 0.2) is 48.5 Å². The van der Waals surface area contributed by atoms with E-state index in [0.29, 0.717) is 16.8 Å². The van der Waals surface area contributed by atoms with Gasteiger partial charge in [-0.3, -0.25) is 9.59 Å². The number of fused-ring (bicyclic) bond motifs is 1. The van der Waals surface area contributed by atoms with Crippen LogP contribution in [0.5, 0.6) is 0 Å². The second-order valence-electron chi connectivity index (χ2n) is 11.5. The number of nitrogens with zero attached hydrogens (tertiary/aromatic N) is 2. The molecule has 2 aromatic carbocycles. The molecule has 1 aliphatic rings. The maximum atomic E-state index is 14.2. The minimum atomic E-state index is -1.27. The van der Waals surface area contributed by atoms with Crippen molar-refractivity contribution in [2.24, 2.45) is 0 Å². The molecule has 9 nitrogen and oxygen atoms in total. The number of esters is 1. The van der Waals surface area contributed by atoms with Gasteiger partial charge in [0, 0.05) is 28.6 Å². The number of rotatable bonds is 9. The van der Waals surface area contributed by atoms with Crippen LogP contribution in [0.4, 0.5) is 4.79 Å². The molecule has 10 heteroatoms. The molecule has 1 unspecified atom stereocenters. The van der Waals surface area contributed by atoms with E-state index in [1.54, 1.807) is 39.8 Å². The van der Waals surface area contributed by atoms with Gasteiger partial charge in [-0.2, -0.15) is 0 Å². The first-order valence-electron chi connectivity index (χ1n) is 14.3. The second kappa shape index (κ2) is 13.4. The summed E-state index contributed by atoms with van der Waals surface area (Å²) in [6, 6.07) is 12.7. The molecular weight excluding hydrogens is 558 g/mol. The molecule has 1 aromatic heterocycles. The van der Waals surface area contributed by atoms with Gasteiger partial charge in [0.2, 0.25) is 12.3 Å². The van der Waals surface area contributed by atoms with E-state index in [2.05, 4.69) is 5.32 Å². The molecule has 2 amide bonds. The smallest absolute Gasteiger partial charge is 0.419 e. The topological polar surface area (TPSA) is 107 Å². The molecule has 3 aromatic rings. The van der Waals surface area contributed by atoms with Crippen LogP contribution in [0.25, 0.3) is 10.9 Å². The first kappa shape index (κ1) is 31.1. The molecule has 1 aliphatic carbocycles. The molecule has 0 radical (unpaired) electrons. The summed E-state index contributed by atoms with van der Waals surface area (Å²) in [5, 5.41) is 3.84. The fraction of sp³-hybridized carbons (Fsp3) is 0.438.